The molecule has 1 saturated heterocycles. The largest absolute Gasteiger partial charge is 0.507 e. The van der Waals surface area contributed by atoms with Gasteiger partial charge in [0.2, 0.25) is 0 Å². The highest BCUT2D eigenvalue weighted by Gasteiger charge is 2.47. The smallest absolute Gasteiger partial charge is 0.295 e. The number of carbonyl (C=O) groups excluding carboxylic acids is 2. The molecule has 158 valence electrons. The first-order chi connectivity index (χ1) is 14.4. The van der Waals surface area contributed by atoms with Gasteiger partial charge in [-0.05, 0) is 35.9 Å². The molecule has 3 rings (SSSR count). The molecule has 1 fully saturated rings. The lowest BCUT2D eigenvalue weighted by Gasteiger charge is -2.28. The van der Waals surface area contributed by atoms with Gasteiger partial charge in [0, 0.05) is 24.8 Å². The van der Waals surface area contributed by atoms with Gasteiger partial charge in [0.15, 0.2) is 6.29 Å². The van der Waals surface area contributed by atoms with E-state index in [1.165, 1.54) is 26.2 Å². The maximum atomic E-state index is 12.9. The molecule has 30 heavy (non-hydrogen) atoms. The van der Waals surface area contributed by atoms with Crippen molar-refractivity contribution >= 4 is 29.1 Å². The van der Waals surface area contributed by atoms with Crippen LogP contribution in [0.5, 0.6) is 5.75 Å². The quantitative estimate of drug-likeness (QED) is 0.313. The zero-order valence-corrected chi connectivity index (χ0v) is 17.6. The van der Waals surface area contributed by atoms with Crippen LogP contribution < -0.4 is 4.74 Å². The summed E-state index contributed by atoms with van der Waals surface area (Å²) >= 11 is 6.39. The Balaban J connectivity index is 2.16. The average Bonchev–Trinajstić information content (AvgIpc) is 3.01. The van der Waals surface area contributed by atoms with Gasteiger partial charge in [0.05, 0.1) is 25.3 Å². The van der Waals surface area contributed by atoms with E-state index in [1.54, 1.807) is 48.5 Å². The Morgan fingerprint density at radius 1 is 1.07 bits per heavy atom. The summed E-state index contributed by atoms with van der Waals surface area (Å²) in [5.41, 5.74) is 0.837. The second-order valence-electron chi connectivity index (χ2n) is 6.60. The number of nitrogens with zero attached hydrogens (tertiary/aromatic N) is 1. The van der Waals surface area contributed by atoms with Gasteiger partial charge in [-0.25, -0.2) is 0 Å². The lowest BCUT2D eigenvalue weighted by Crippen LogP contribution is -2.38. The molecule has 0 bridgehead atoms. The first kappa shape index (κ1) is 21.8. The normalized spacial score (nSPS) is 18.3. The van der Waals surface area contributed by atoms with Crippen LogP contribution in [0.2, 0.25) is 5.02 Å². The van der Waals surface area contributed by atoms with Crippen molar-refractivity contribution in [1.82, 2.24) is 4.90 Å². The molecule has 7 nitrogen and oxygen atoms in total. The summed E-state index contributed by atoms with van der Waals surface area (Å²) in [7, 11) is 4.40. The van der Waals surface area contributed by atoms with Crippen LogP contribution in [0.15, 0.2) is 54.1 Å². The number of Topliss-reactive ketones (excluding diaryl/α,β-unsaturated/α-hetero) is 1. The van der Waals surface area contributed by atoms with Crippen molar-refractivity contribution in [3.05, 3.63) is 70.3 Å². The van der Waals surface area contributed by atoms with Crippen LogP contribution in [0.25, 0.3) is 5.76 Å². The van der Waals surface area contributed by atoms with Gasteiger partial charge in [0.25, 0.3) is 11.7 Å². The van der Waals surface area contributed by atoms with Crippen molar-refractivity contribution in [2.75, 3.05) is 27.9 Å². The summed E-state index contributed by atoms with van der Waals surface area (Å²) in [6, 6.07) is 12.5. The minimum Gasteiger partial charge on any atom is -0.507 e. The monoisotopic (exact) mass is 431 g/mol. The highest BCUT2D eigenvalue weighted by Crippen LogP contribution is 2.42. The molecule has 2 aromatic carbocycles. The van der Waals surface area contributed by atoms with Crippen LogP contribution in [0.4, 0.5) is 0 Å². The standard InChI is InChI=1S/C22H22ClNO6/c1-28-14-10-8-13(9-11-14)20(25)18-19(15-6-4-5-7-16(15)23)24(22(27)21(18)26)12-17(29-2)30-3/h4-11,17,19,25H,12H2,1-3H3/b20-18-. The van der Waals surface area contributed by atoms with E-state index in [0.29, 0.717) is 21.9 Å². The highest BCUT2D eigenvalue weighted by molar-refractivity contribution is 6.47. The van der Waals surface area contributed by atoms with E-state index in [-0.39, 0.29) is 17.9 Å². The summed E-state index contributed by atoms with van der Waals surface area (Å²) < 4.78 is 15.6. The van der Waals surface area contributed by atoms with Gasteiger partial charge >= 0.3 is 0 Å². The molecule has 8 heteroatoms. The van der Waals surface area contributed by atoms with Crippen LogP contribution in [0.1, 0.15) is 17.2 Å². The summed E-state index contributed by atoms with van der Waals surface area (Å²) in [4.78, 5) is 27.1. The Labute approximate surface area is 179 Å². The van der Waals surface area contributed by atoms with Gasteiger partial charge in [-0.1, -0.05) is 29.8 Å². The van der Waals surface area contributed by atoms with Gasteiger partial charge in [-0.2, -0.15) is 0 Å². The zero-order valence-electron chi connectivity index (χ0n) is 16.8. The number of ketones is 1. The summed E-state index contributed by atoms with van der Waals surface area (Å²) in [5, 5.41) is 11.4. The number of hydrogen-bond donors (Lipinski definition) is 1. The van der Waals surface area contributed by atoms with E-state index < -0.39 is 24.0 Å². The van der Waals surface area contributed by atoms with E-state index >= 15 is 0 Å². The number of methoxy groups -OCH3 is 3. The Morgan fingerprint density at radius 2 is 1.70 bits per heavy atom. The number of rotatable bonds is 7. The fraction of sp³-hybridized carbons (Fsp3) is 0.273. The predicted octanol–water partition coefficient (Wildman–Crippen LogP) is 3.39. The van der Waals surface area contributed by atoms with Crippen molar-refractivity contribution in [2.24, 2.45) is 0 Å². The van der Waals surface area contributed by atoms with Crippen molar-refractivity contribution in [1.29, 1.82) is 0 Å². The number of amides is 1. The molecule has 1 heterocycles. The third-order valence-electron chi connectivity index (χ3n) is 4.97. The maximum absolute atomic E-state index is 12.9. The molecule has 1 N–H and O–H groups in total. The fourth-order valence-corrected chi connectivity index (χ4v) is 3.64. The molecular weight excluding hydrogens is 410 g/mol. The van der Waals surface area contributed by atoms with Gasteiger partial charge in [-0.15, -0.1) is 0 Å². The molecule has 1 atom stereocenters. The maximum Gasteiger partial charge on any atom is 0.295 e. The topological polar surface area (TPSA) is 85.3 Å². The van der Waals surface area contributed by atoms with Crippen LogP contribution >= 0.6 is 11.6 Å². The molecule has 1 aliphatic heterocycles. The molecule has 0 aliphatic carbocycles. The van der Waals surface area contributed by atoms with E-state index in [9.17, 15) is 14.7 Å². The van der Waals surface area contributed by atoms with E-state index in [1.807, 2.05) is 0 Å². The van der Waals surface area contributed by atoms with E-state index in [2.05, 4.69) is 0 Å². The Bertz CT molecular complexity index is 968. The zero-order chi connectivity index (χ0) is 21.8. The number of hydrogen-bond acceptors (Lipinski definition) is 6. The summed E-state index contributed by atoms with van der Waals surface area (Å²) in [5.74, 6) is -1.28. The number of halogens is 1. The minimum absolute atomic E-state index is 0.0210. The van der Waals surface area contributed by atoms with E-state index in [4.69, 9.17) is 25.8 Å². The number of likely N-dealkylation sites (tertiary alicyclic amines) is 1. The first-order valence-corrected chi connectivity index (χ1v) is 9.53. The molecule has 1 aliphatic rings. The lowest BCUT2D eigenvalue weighted by atomic mass is 9.95. The number of aliphatic hydroxyl groups excluding tert-OH is 1. The third-order valence-corrected chi connectivity index (χ3v) is 5.32. The van der Waals surface area contributed by atoms with Crippen molar-refractivity contribution in [2.45, 2.75) is 12.3 Å². The van der Waals surface area contributed by atoms with Crippen LogP contribution in [-0.2, 0) is 19.1 Å². The predicted molar refractivity (Wildman–Crippen MR) is 111 cm³/mol. The molecular formula is C22H22ClNO6. The van der Waals surface area contributed by atoms with Gasteiger partial charge < -0.3 is 24.2 Å². The molecule has 1 amide bonds. The number of carbonyl (C=O) groups is 2. The van der Waals surface area contributed by atoms with Crippen molar-refractivity contribution in [3.8, 4) is 5.75 Å². The van der Waals surface area contributed by atoms with Crippen molar-refractivity contribution < 1.29 is 28.9 Å². The molecule has 0 spiro atoms. The summed E-state index contributed by atoms with van der Waals surface area (Å²) in [6.07, 6.45) is -0.755. The lowest BCUT2D eigenvalue weighted by molar-refractivity contribution is -0.149. The average molecular weight is 432 g/mol. The van der Waals surface area contributed by atoms with E-state index in [0.717, 1.165) is 0 Å². The summed E-state index contributed by atoms with van der Waals surface area (Å²) in [6.45, 7) is -0.0210. The third kappa shape index (κ3) is 4.05. The molecule has 0 saturated carbocycles. The van der Waals surface area contributed by atoms with Crippen LogP contribution in [0.3, 0.4) is 0 Å². The fourth-order valence-electron chi connectivity index (χ4n) is 3.40. The van der Waals surface area contributed by atoms with Crippen molar-refractivity contribution in [3.63, 3.8) is 0 Å². The number of aliphatic hydroxyl groups is 1. The van der Waals surface area contributed by atoms with Gasteiger partial charge in [0.1, 0.15) is 11.5 Å². The number of ether oxygens (including phenoxy) is 3. The molecule has 0 radical (unpaired) electrons. The second kappa shape index (κ2) is 9.30. The molecule has 0 aromatic heterocycles. The minimum atomic E-state index is -0.895. The Hall–Kier alpha value is -2.87. The van der Waals surface area contributed by atoms with Crippen LogP contribution in [0, 0.1) is 0 Å². The highest BCUT2D eigenvalue weighted by atomic mass is 35.5. The molecule has 2 aromatic rings. The Morgan fingerprint density at radius 3 is 2.27 bits per heavy atom. The van der Waals surface area contributed by atoms with Gasteiger partial charge in [-0.3, -0.25) is 9.59 Å². The number of benzene rings is 2. The second-order valence-corrected chi connectivity index (χ2v) is 7.01. The molecule has 1 unspecified atom stereocenters. The SMILES string of the molecule is COc1ccc(/C(O)=C2/C(=O)C(=O)N(CC(OC)OC)C2c2ccccc2Cl)cc1. The first-order valence-electron chi connectivity index (χ1n) is 9.15. The Kier molecular flexibility index (Phi) is 6.77. The van der Waals surface area contributed by atoms with Crippen LogP contribution in [-0.4, -0.2) is 55.9 Å².